The van der Waals surface area contributed by atoms with Crippen molar-refractivity contribution in [3.05, 3.63) is 45.6 Å². The molecule has 0 spiro atoms. The van der Waals surface area contributed by atoms with E-state index in [0.29, 0.717) is 5.92 Å². The maximum Gasteiger partial charge on any atom is 0.00628 e. The van der Waals surface area contributed by atoms with Gasteiger partial charge >= 0.3 is 0 Å². The van der Waals surface area contributed by atoms with E-state index in [9.17, 15) is 0 Å². The molecular weight excluding hydrogens is 271 g/mol. The minimum atomic E-state index is 0.633. The van der Waals surface area contributed by atoms with Gasteiger partial charge in [-0.05, 0) is 51.0 Å². The Morgan fingerprint density at radius 2 is 2.15 bits per heavy atom. The number of rotatable bonds is 1. The van der Waals surface area contributed by atoms with Crippen molar-refractivity contribution in [2.75, 3.05) is 0 Å². The van der Waals surface area contributed by atoms with Crippen LogP contribution in [0, 0.1) is 5.92 Å². The van der Waals surface area contributed by atoms with Crippen molar-refractivity contribution in [1.29, 1.82) is 0 Å². The molecule has 0 bridgehead atoms. The largest absolute Gasteiger partial charge is 0.0839 e. The van der Waals surface area contributed by atoms with Crippen molar-refractivity contribution in [2.24, 2.45) is 5.92 Å². The topological polar surface area (TPSA) is 0 Å². The van der Waals surface area contributed by atoms with E-state index in [2.05, 4.69) is 59.0 Å². The highest BCUT2D eigenvalue weighted by Gasteiger charge is 2.14. The lowest BCUT2D eigenvalue weighted by Crippen LogP contribution is -2.03. The number of hydrogen-bond donors (Lipinski definition) is 0. The van der Waals surface area contributed by atoms with Crippen molar-refractivity contribution in [3.8, 4) is 0 Å². The van der Waals surface area contributed by atoms with Crippen LogP contribution in [0.3, 0.4) is 0 Å². The summed E-state index contributed by atoms with van der Waals surface area (Å²) in [6.07, 6.45) is 17.1. The van der Waals surface area contributed by atoms with Gasteiger partial charge in [0.2, 0.25) is 0 Å². The fraction of sp³-hybridized carbons (Fsp3) is 0.333. The quantitative estimate of drug-likeness (QED) is 0.634. The van der Waals surface area contributed by atoms with E-state index in [1.165, 1.54) is 24.8 Å². The molecule has 1 atom stereocenters. The summed E-state index contributed by atoms with van der Waals surface area (Å²) in [5, 5.41) is 0. The molecule has 13 heavy (non-hydrogen) atoms. The van der Waals surface area contributed by atoms with Crippen LogP contribution in [-0.2, 0) is 0 Å². The summed E-state index contributed by atoms with van der Waals surface area (Å²) >= 11 is 2.49. The van der Waals surface area contributed by atoms with Gasteiger partial charge < -0.3 is 0 Å². The van der Waals surface area contributed by atoms with E-state index in [4.69, 9.17) is 0 Å². The summed E-state index contributed by atoms with van der Waals surface area (Å²) in [5.41, 5.74) is 1.53. The number of hydrogen-bond acceptors (Lipinski definition) is 0. The molecule has 0 aliphatic heterocycles. The van der Waals surface area contributed by atoms with Crippen LogP contribution in [0.4, 0.5) is 0 Å². The van der Waals surface area contributed by atoms with Gasteiger partial charge in [-0.15, -0.1) is 0 Å². The third kappa shape index (κ3) is 2.13. The first-order valence-corrected chi connectivity index (χ1v) is 5.84. The summed E-state index contributed by atoms with van der Waals surface area (Å²) in [6.45, 7) is 0. The van der Waals surface area contributed by atoms with E-state index in [1.807, 2.05) is 0 Å². The average molecular weight is 284 g/mol. The van der Waals surface area contributed by atoms with Gasteiger partial charge in [-0.2, -0.15) is 0 Å². The lowest BCUT2D eigenvalue weighted by atomic mass is 9.89. The zero-order chi connectivity index (χ0) is 9.10. The number of halogens is 1. The van der Waals surface area contributed by atoms with Gasteiger partial charge in [0, 0.05) is 5.92 Å². The van der Waals surface area contributed by atoms with E-state index >= 15 is 0 Å². The van der Waals surface area contributed by atoms with Crippen molar-refractivity contribution in [3.63, 3.8) is 0 Å². The zero-order valence-electron chi connectivity index (χ0n) is 7.54. The molecule has 0 aromatic rings. The molecule has 1 heteroatoms. The van der Waals surface area contributed by atoms with E-state index in [-0.39, 0.29) is 0 Å². The minimum absolute atomic E-state index is 0.633. The molecule has 0 aromatic heterocycles. The lowest BCUT2D eigenvalue weighted by molar-refractivity contribution is 0.769. The van der Waals surface area contributed by atoms with Gasteiger partial charge in [0.15, 0.2) is 0 Å². The van der Waals surface area contributed by atoms with Gasteiger partial charge in [0.25, 0.3) is 0 Å². The van der Waals surface area contributed by atoms with Crippen LogP contribution in [0.15, 0.2) is 45.6 Å². The molecule has 0 fully saturated rings. The molecule has 1 unspecified atom stereocenters. The Morgan fingerprint density at radius 1 is 1.23 bits per heavy atom. The van der Waals surface area contributed by atoms with Gasteiger partial charge in [0.1, 0.15) is 0 Å². The molecule has 0 heterocycles. The zero-order valence-corrected chi connectivity index (χ0v) is 9.70. The molecule has 0 aromatic carbocycles. The predicted octanol–water partition coefficient (Wildman–Crippen LogP) is 4.16. The van der Waals surface area contributed by atoms with Crippen LogP contribution >= 0.6 is 22.6 Å². The second-order valence-corrected chi connectivity index (χ2v) is 4.76. The summed E-state index contributed by atoms with van der Waals surface area (Å²) in [4.78, 5) is 0. The first-order chi connectivity index (χ1) is 6.38. The van der Waals surface area contributed by atoms with E-state index in [0.717, 1.165) is 0 Å². The summed E-state index contributed by atoms with van der Waals surface area (Å²) in [5.74, 6) is 0.633. The Balaban J connectivity index is 2.20. The predicted molar refractivity (Wildman–Crippen MR) is 65.8 cm³/mol. The third-order valence-corrected chi connectivity index (χ3v) is 3.68. The standard InChI is InChI=1S/C12H13I/c13-12-9-5-4-8-11(12)10-6-2-1-3-7-10/h1-4,6,8,10H,5,7,9H2. The van der Waals surface area contributed by atoms with Gasteiger partial charge in [-0.1, -0.05) is 36.5 Å². The Morgan fingerprint density at radius 3 is 2.85 bits per heavy atom. The molecule has 0 radical (unpaired) electrons. The average Bonchev–Trinajstić information content (AvgIpc) is 2.20. The maximum atomic E-state index is 2.49. The van der Waals surface area contributed by atoms with Crippen molar-refractivity contribution in [2.45, 2.75) is 19.3 Å². The third-order valence-electron chi connectivity index (χ3n) is 2.52. The fourth-order valence-electron chi connectivity index (χ4n) is 1.79. The first kappa shape index (κ1) is 9.25. The molecule has 0 nitrogen and oxygen atoms in total. The Kier molecular flexibility index (Phi) is 3.04. The molecular formula is C12H13I. The molecule has 2 aliphatic rings. The lowest BCUT2D eigenvalue weighted by Gasteiger charge is -2.19. The van der Waals surface area contributed by atoms with Crippen molar-refractivity contribution < 1.29 is 0 Å². The normalized spacial score (nSPS) is 27.0. The molecule has 0 saturated heterocycles. The van der Waals surface area contributed by atoms with Crippen LogP contribution in [0.1, 0.15) is 19.3 Å². The maximum absolute atomic E-state index is 2.49. The van der Waals surface area contributed by atoms with Crippen LogP contribution in [0.5, 0.6) is 0 Å². The minimum Gasteiger partial charge on any atom is -0.0839 e. The smallest absolute Gasteiger partial charge is 0.00628 e. The SMILES string of the molecule is IC1=C(C2C=CC=CC2)C=CCC1. The summed E-state index contributed by atoms with van der Waals surface area (Å²) in [7, 11) is 0. The van der Waals surface area contributed by atoms with Crippen LogP contribution < -0.4 is 0 Å². The Bertz CT molecular complexity index is 305. The highest BCUT2D eigenvalue weighted by Crippen LogP contribution is 2.32. The van der Waals surface area contributed by atoms with Crippen LogP contribution in [-0.4, -0.2) is 0 Å². The highest BCUT2D eigenvalue weighted by atomic mass is 127. The monoisotopic (exact) mass is 284 g/mol. The van der Waals surface area contributed by atoms with Crippen molar-refractivity contribution >= 4 is 22.6 Å². The second-order valence-electron chi connectivity index (χ2n) is 3.46. The molecule has 0 N–H and O–H groups in total. The van der Waals surface area contributed by atoms with Crippen molar-refractivity contribution in [1.82, 2.24) is 0 Å². The molecule has 2 aliphatic carbocycles. The molecule has 0 amide bonds. The molecule has 2 rings (SSSR count). The van der Waals surface area contributed by atoms with Gasteiger partial charge in [-0.25, -0.2) is 0 Å². The van der Waals surface area contributed by atoms with Crippen LogP contribution in [0.2, 0.25) is 0 Å². The van der Waals surface area contributed by atoms with E-state index < -0.39 is 0 Å². The van der Waals surface area contributed by atoms with Gasteiger partial charge in [0.05, 0.1) is 0 Å². The second kappa shape index (κ2) is 4.27. The first-order valence-electron chi connectivity index (χ1n) is 4.76. The summed E-state index contributed by atoms with van der Waals surface area (Å²) < 4.78 is 1.55. The summed E-state index contributed by atoms with van der Waals surface area (Å²) in [6, 6.07) is 0. The van der Waals surface area contributed by atoms with Gasteiger partial charge in [-0.3, -0.25) is 0 Å². The fourth-order valence-corrected chi connectivity index (χ4v) is 2.68. The van der Waals surface area contributed by atoms with E-state index in [1.54, 1.807) is 3.58 Å². The molecule has 0 saturated carbocycles. The molecule has 68 valence electrons. The Labute approximate surface area is 93.2 Å². The number of allylic oxidation sites excluding steroid dienone is 8. The highest BCUT2D eigenvalue weighted by molar-refractivity contribution is 14.1. The Hall–Kier alpha value is -0.310. The van der Waals surface area contributed by atoms with Crippen LogP contribution in [0.25, 0.3) is 0 Å².